The minimum absolute atomic E-state index is 0.334. The highest BCUT2D eigenvalue weighted by molar-refractivity contribution is 6.31. The third-order valence-electron chi connectivity index (χ3n) is 2.58. The first-order valence-electron chi connectivity index (χ1n) is 4.53. The van der Waals surface area contributed by atoms with Crippen LogP contribution in [-0.4, -0.2) is 5.11 Å². The maximum absolute atomic E-state index is 13.0. The van der Waals surface area contributed by atoms with Crippen LogP contribution in [0.4, 0.5) is 4.39 Å². The molecule has 0 heterocycles. The van der Waals surface area contributed by atoms with Crippen LogP contribution in [0.3, 0.4) is 0 Å². The summed E-state index contributed by atoms with van der Waals surface area (Å²) in [6.07, 6.45) is 2.04. The molecule has 2 nitrogen and oxygen atoms in total. The maximum atomic E-state index is 13.0. The zero-order valence-electron chi connectivity index (χ0n) is 7.50. The number of hydrogen-bond acceptors (Lipinski definition) is 2. The molecule has 1 saturated carbocycles. The fraction of sp³-hybridized carbons (Fsp3) is 0.400. The van der Waals surface area contributed by atoms with Gasteiger partial charge in [-0.1, -0.05) is 11.6 Å². The van der Waals surface area contributed by atoms with E-state index in [9.17, 15) is 9.50 Å². The van der Waals surface area contributed by atoms with Crippen LogP contribution in [-0.2, 0) is 0 Å². The molecule has 0 bridgehead atoms. The molecule has 0 amide bonds. The Bertz CT molecular complexity index is 365. The van der Waals surface area contributed by atoms with Crippen LogP contribution in [0.25, 0.3) is 0 Å². The van der Waals surface area contributed by atoms with Gasteiger partial charge in [-0.3, -0.25) is 0 Å². The molecule has 14 heavy (non-hydrogen) atoms. The largest absolute Gasteiger partial charge is 0.505 e. The lowest BCUT2D eigenvalue weighted by molar-refractivity contribution is 0.417. The molecule has 0 unspecified atom stereocenters. The molecule has 1 aliphatic rings. The zero-order chi connectivity index (χ0) is 10.3. The molecule has 0 saturated heterocycles. The maximum Gasteiger partial charge on any atom is 0.165 e. The Morgan fingerprint density at radius 2 is 2.14 bits per heavy atom. The molecule has 1 fully saturated rings. The first-order chi connectivity index (χ1) is 6.61. The van der Waals surface area contributed by atoms with Crippen molar-refractivity contribution in [2.24, 2.45) is 11.7 Å². The van der Waals surface area contributed by atoms with Gasteiger partial charge < -0.3 is 10.8 Å². The molecule has 0 aliphatic heterocycles. The molecule has 1 atom stereocenters. The van der Waals surface area contributed by atoms with Gasteiger partial charge in [-0.05, 0) is 30.9 Å². The lowest BCUT2D eigenvalue weighted by Crippen LogP contribution is -2.13. The first kappa shape index (κ1) is 9.74. The van der Waals surface area contributed by atoms with Gasteiger partial charge in [-0.2, -0.15) is 0 Å². The molecular formula is C10H11ClFNO. The minimum Gasteiger partial charge on any atom is -0.505 e. The van der Waals surface area contributed by atoms with Crippen molar-refractivity contribution in [3.63, 3.8) is 0 Å². The predicted molar refractivity (Wildman–Crippen MR) is 52.7 cm³/mol. The summed E-state index contributed by atoms with van der Waals surface area (Å²) in [6, 6.07) is 2.22. The summed E-state index contributed by atoms with van der Waals surface area (Å²) in [5.41, 5.74) is 6.20. The average Bonchev–Trinajstić information content (AvgIpc) is 2.95. The number of halogens is 2. The second kappa shape index (κ2) is 3.41. The van der Waals surface area contributed by atoms with Gasteiger partial charge in [0.1, 0.15) is 0 Å². The van der Waals surface area contributed by atoms with Crippen molar-refractivity contribution in [2.45, 2.75) is 18.9 Å². The van der Waals surface area contributed by atoms with Crippen molar-refractivity contribution in [3.8, 4) is 5.75 Å². The first-order valence-corrected chi connectivity index (χ1v) is 4.91. The van der Waals surface area contributed by atoms with Gasteiger partial charge in [0.2, 0.25) is 0 Å². The van der Waals surface area contributed by atoms with Crippen LogP contribution in [0.15, 0.2) is 12.1 Å². The summed E-state index contributed by atoms with van der Waals surface area (Å²) >= 11 is 5.86. The summed E-state index contributed by atoms with van der Waals surface area (Å²) in [4.78, 5) is 0. The standard InChI is InChI=1S/C10H11ClFNO/c11-6-3-4-7(12)10(14)8(6)9(13)5-1-2-5/h3-5,9,14H,1-2,13H2/t9-/m0/s1. The van der Waals surface area contributed by atoms with Crippen molar-refractivity contribution < 1.29 is 9.50 Å². The molecule has 1 aromatic carbocycles. The van der Waals surface area contributed by atoms with E-state index in [1.54, 1.807) is 0 Å². The van der Waals surface area contributed by atoms with Gasteiger partial charge in [0.25, 0.3) is 0 Å². The van der Waals surface area contributed by atoms with Gasteiger partial charge in [0.05, 0.1) is 0 Å². The monoisotopic (exact) mass is 215 g/mol. The van der Waals surface area contributed by atoms with E-state index in [2.05, 4.69) is 0 Å². The molecule has 3 N–H and O–H groups in total. The molecule has 4 heteroatoms. The topological polar surface area (TPSA) is 46.2 Å². The van der Waals surface area contributed by atoms with E-state index in [1.165, 1.54) is 6.07 Å². The highest BCUT2D eigenvalue weighted by Gasteiger charge is 2.33. The second-order valence-electron chi connectivity index (χ2n) is 3.65. The Kier molecular flexibility index (Phi) is 2.37. The van der Waals surface area contributed by atoms with E-state index >= 15 is 0 Å². The Morgan fingerprint density at radius 3 is 2.71 bits per heavy atom. The molecule has 76 valence electrons. The summed E-state index contributed by atoms with van der Waals surface area (Å²) in [6.45, 7) is 0. The minimum atomic E-state index is -0.666. The van der Waals surface area contributed by atoms with Crippen LogP contribution < -0.4 is 5.73 Å². The van der Waals surface area contributed by atoms with Crippen LogP contribution in [0.1, 0.15) is 24.4 Å². The van der Waals surface area contributed by atoms with Gasteiger partial charge in [0.15, 0.2) is 11.6 Å². The molecule has 0 radical (unpaired) electrons. The summed E-state index contributed by atoms with van der Waals surface area (Å²) in [7, 11) is 0. The van der Waals surface area contributed by atoms with E-state index in [1.807, 2.05) is 0 Å². The SMILES string of the molecule is N[C@H](c1c(Cl)ccc(F)c1O)C1CC1. The van der Waals surface area contributed by atoms with Crippen LogP contribution in [0, 0.1) is 11.7 Å². The van der Waals surface area contributed by atoms with E-state index in [0.717, 1.165) is 18.9 Å². The molecule has 1 aliphatic carbocycles. The normalized spacial score (nSPS) is 18.2. The van der Waals surface area contributed by atoms with Gasteiger partial charge in [0, 0.05) is 16.6 Å². The lowest BCUT2D eigenvalue weighted by atomic mass is 10.0. The third kappa shape index (κ3) is 1.57. The van der Waals surface area contributed by atoms with E-state index < -0.39 is 11.6 Å². The number of rotatable bonds is 2. The van der Waals surface area contributed by atoms with Gasteiger partial charge >= 0.3 is 0 Å². The number of benzene rings is 1. The average molecular weight is 216 g/mol. The second-order valence-corrected chi connectivity index (χ2v) is 4.06. The van der Waals surface area contributed by atoms with Crippen molar-refractivity contribution in [1.29, 1.82) is 0 Å². The summed E-state index contributed by atoms with van der Waals surface area (Å²) in [5, 5.41) is 9.82. The number of nitrogens with two attached hydrogens (primary N) is 1. The Balaban J connectivity index is 2.43. The van der Waals surface area contributed by atoms with E-state index in [0.29, 0.717) is 16.5 Å². The smallest absolute Gasteiger partial charge is 0.165 e. The number of phenolic OH excluding ortho intramolecular Hbond substituents is 1. The van der Waals surface area contributed by atoms with E-state index in [-0.39, 0.29) is 6.04 Å². The third-order valence-corrected chi connectivity index (χ3v) is 2.91. The Hall–Kier alpha value is -0.800. The molecule has 0 spiro atoms. The van der Waals surface area contributed by atoms with Crippen LogP contribution in [0.5, 0.6) is 5.75 Å². The van der Waals surface area contributed by atoms with Crippen molar-refractivity contribution in [1.82, 2.24) is 0 Å². The molecular weight excluding hydrogens is 205 g/mol. The highest BCUT2D eigenvalue weighted by Crippen LogP contribution is 2.44. The number of hydrogen-bond donors (Lipinski definition) is 2. The number of phenols is 1. The van der Waals surface area contributed by atoms with Crippen molar-refractivity contribution >= 4 is 11.6 Å². The molecule has 2 rings (SSSR count). The fourth-order valence-electron chi connectivity index (χ4n) is 1.56. The van der Waals surface area contributed by atoms with Crippen LogP contribution in [0.2, 0.25) is 5.02 Å². The molecule has 0 aromatic heterocycles. The van der Waals surface area contributed by atoms with Crippen molar-refractivity contribution in [2.75, 3.05) is 0 Å². The molecule has 1 aromatic rings. The summed E-state index contributed by atoms with van der Waals surface area (Å²) < 4.78 is 13.0. The van der Waals surface area contributed by atoms with Crippen molar-refractivity contribution in [3.05, 3.63) is 28.5 Å². The summed E-state index contributed by atoms with van der Waals surface area (Å²) in [5.74, 6) is -0.738. The quantitative estimate of drug-likeness (QED) is 0.797. The van der Waals surface area contributed by atoms with E-state index in [4.69, 9.17) is 17.3 Å². The fourth-order valence-corrected chi connectivity index (χ4v) is 1.84. The van der Waals surface area contributed by atoms with Gasteiger partial charge in [-0.25, -0.2) is 4.39 Å². The van der Waals surface area contributed by atoms with Crippen LogP contribution >= 0.6 is 11.6 Å². The zero-order valence-corrected chi connectivity index (χ0v) is 8.26. The Labute approximate surface area is 86.5 Å². The van der Waals surface area contributed by atoms with Gasteiger partial charge in [-0.15, -0.1) is 0 Å². The highest BCUT2D eigenvalue weighted by atomic mass is 35.5. The Morgan fingerprint density at radius 1 is 1.50 bits per heavy atom. The lowest BCUT2D eigenvalue weighted by Gasteiger charge is -2.14. The number of aromatic hydroxyl groups is 1. The predicted octanol–water partition coefficient (Wildman–Crippen LogP) is 2.59.